The van der Waals surface area contributed by atoms with E-state index in [2.05, 4.69) is 0 Å². The number of ether oxygens (including phenoxy) is 2. The maximum Gasteiger partial charge on any atom is 0.324 e. The van der Waals surface area contributed by atoms with Gasteiger partial charge in [-0.2, -0.15) is 13.5 Å². The number of rotatable bonds is 3. The number of carbonyl (C=O) groups is 2. The van der Waals surface area contributed by atoms with Crippen molar-refractivity contribution in [2.75, 3.05) is 0 Å². The Morgan fingerprint density at radius 2 is 1.37 bits per heavy atom. The van der Waals surface area contributed by atoms with Gasteiger partial charge in [-0.25, -0.2) is 0 Å². The van der Waals surface area contributed by atoms with E-state index in [9.17, 15) is 9.59 Å². The third kappa shape index (κ3) is 13.8. The van der Waals surface area contributed by atoms with Gasteiger partial charge in [0.05, 0.1) is 6.42 Å². The molecule has 116 valence electrons. The van der Waals surface area contributed by atoms with Crippen LogP contribution in [0.2, 0.25) is 0 Å². The summed E-state index contributed by atoms with van der Waals surface area (Å²) in [4.78, 5) is 22.9. The molecule has 0 amide bonds. The zero-order valence-corrected chi connectivity index (χ0v) is 14.2. The van der Waals surface area contributed by atoms with E-state index in [-0.39, 0.29) is 32.3 Å². The summed E-state index contributed by atoms with van der Waals surface area (Å²) in [6.45, 7) is 10.5. The third-order valence-corrected chi connectivity index (χ3v) is 1.52. The second kappa shape index (κ2) is 8.66. The van der Waals surface area contributed by atoms with Crippen molar-refractivity contribution in [3.05, 3.63) is 0 Å². The molecule has 0 saturated carbocycles. The van der Waals surface area contributed by atoms with Gasteiger partial charge in [-0.1, -0.05) is 0 Å². The van der Waals surface area contributed by atoms with E-state index in [0.29, 0.717) is 0 Å². The van der Waals surface area contributed by atoms with Gasteiger partial charge in [-0.15, -0.1) is 12.4 Å². The van der Waals surface area contributed by atoms with E-state index < -0.39 is 29.2 Å². The summed E-state index contributed by atoms with van der Waals surface area (Å²) in [6.07, 6.45) is -0.174. The van der Waals surface area contributed by atoms with Crippen LogP contribution < -0.4 is 5.73 Å². The predicted octanol–water partition coefficient (Wildman–Crippen LogP) is 1.92. The van der Waals surface area contributed by atoms with Crippen molar-refractivity contribution in [2.24, 2.45) is 5.73 Å². The second-order valence-corrected chi connectivity index (χ2v) is 5.93. The van der Waals surface area contributed by atoms with Gasteiger partial charge < -0.3 is 15.2 Å². The van der Waals surface area contributed by atoms with Crippen LogP contribution in [0.4, 0.5) is 0 Å². The van der Waals surface area contributed by atoms with Gasteiger partial charge >= 0.3 is 11.9 Å². The lowest BCUT2D eigenvalue weighted by molar-refractivity contribution is -0.163. The molecule has 0 aliphatic rings. The first-order valence-electron chi connectivity index (χ1n) is 5.61. The highest BCUT2D eigenvalue weighted by atomic mass is 35.5. The molecular formula is C12H26ClNO4S. The van der Waals surface area contributed by atoms with Gasteiger partial charge in [0.25, 0.3) is 0 Å². The molecule has 0 heterocycles. The van der Waals surface area contributed by atoms with E-state index in [1.54, 1.807) is 41.5 Å². The summed E-state index contributed by atoms with van der Waals surface area (Å²) >= 11 is 0. The molecule has 0 unspecified atom stereocenters. The van der Waals surface area contributed by atoms with Crippen molar-refractivity contribution in [1.29, 1.82) is 0 Å². The summed E-state index contributed by atoms with van der Waals surface area (Å²) in [7, 11) is 0. The van der Waals surface area contributed by atoms with Crippen molar-refractivity contribution < 1.29 is 19.1 Å². The molecule has 0 radical (unpaired) electrons. The highest BCUT2D eigenvalue weighted by Gasteiger charge is 2.26. The third-order valence-electron chi connectivity index (χ3n) is 1.52. The number of hydrogen-bond donors (Lipinski definition) is 1. The monoisotopic (exact) mass is 315 g/mol. The molecule has 0 spiro atoms. The Hall–Kier alpha value is -0.460. The highest BCUT2D eigenvalue weighted by Crippen LogP contribution is 2.11. The molecule has 5 nitrogen and oxygen atoms in total. The van der Waals surface area contributed by atoms with Crippen molar-refractivity contribution in [3.63, 3.8) is 0 Å². The lowest BCUT2D eigenvalue weighted by Crippen LogP contribution is -2.40. The standard InChI is InChI=1S/C12H23NO4.ClH.H2S/c1-11(2,3)16-9(14)7-8(13)10(15)17-12(4,5)6;;/h8H,7,13H2,1-6H3;1H;1H2/t8-;;/m0../s1. The molecule has 7 heteroatoms. The van der Waals surface area contributed by atoms with Gasteiger partial charge in [-0.3, -0.25) is 9.59 Å². The lowest BCUT2D eigenvalue weighted by Gasteiger charge is -2.23. The quantitative estimate of drug-likeness (QED) is 0.805. The molecule has 0 aromatic rings. The molecule has 0 aliphatic carbocycles. The predicted molar refractivity (Wildman–Crippen MR) is 81.9 cm³/mol. The van der Waals surface area contributed by atoms with E-state index >= 15 is 0 Å². The van der Waals surface area contributed by atoms with E-state index in [4.69, 9.17) is 15.2 Å². The van der Waals surface area contributed by atoms with Crippen LogP contribution in [0.5, 0.6) is 0 Å². The minimum Gasteiger partial charge on any atom is -0.460 e. The van der Waals surface area contributed by atoms with Crippen molar-refractivity contribution in [2.45, 2.75) is 65.2 Å². The fraction of sp³-hybridized carbons (Fsp3) is 0.833. The van der Waals surface area contributed by atoms with Crippen LogP contribution in [0.15, 0.2) is 0 Å². The maximum absolute atomic E-state index is 11.5. The Balaban J connectivity index is -0.00000128. The van der Waals surface area contributed by atoms with Crippen LogP contribution >= 0.6 is 25.9 Å². The Morgan fingerprint density at radius 3 is 1.68 bits per heavy atom. The summed E-state index contributed by atoms with van der Waals surface area (Å²) in [5.41, 5.74) is 4.38. The van der Waals surface area contributed by atoms with Crippen LogP contribution in [0.25, 0.3) is 0 Å². The molecule has 1 atom stereocenters. The smallest absolute Gasteiger partial charge is 0.324 e. The van der Waals surface area contributed by atoms with E-state index in [0.717, 1.165) is 0 Å². The van der Waals surface area contributed by atoms with Crippen LogP contribution in [-0.2, 0) is 19.1 Å². The molecule has 0 aliphatic heterocycles. The first-order valence-corrected chi connectivity index (χ1v) is 5.61. The second-order valence-electron chi connectivity index (χ2n) is 5.93. The Bertz CT molecular complexity index is 297. The fourth-order valence-electron chi connectivity index (χ4n) is 1.02. The van der Waals surface area contributed by atoms with Crippen molar-refractivity contribution >= 4 is 37.8 Å². The van der Waals surface area contributed by atoms with Gasteiger partial charge in [0.2, 0.25) is 0 Å². The topological polar surface area (TPSA) is 78.6 Å². The highest BCUT2D eigenvalue weighted by molar-refractivity contribution is 7.59. The molecular weight excluding hydrogens is 290 g/mol. The molecule has 0 rings (SSSR count). The number of nitrogens with two attached hydrogens (primary N) is 1. The number of esters is 2. The minimum atomic E-state index is -0.982. The lowest BCUT2D eigenvalue weighted by atomic mass is 10.1. The number of hydrogen-bond acceptors (Lipinski definition) is 5. The summed E-state index contributed by atoms with van der Waals surface area (Å²) in [5.74, 6) is -1.10. The molecule has 0 aromatic heterocycles. The maximum atomic E-state index is 11.5. The molecule has 19 heavy (non-hydrogen) atoms. The van der Waals surface area contributed by atoms with Crippen LogP contribution in [-0.4, -0.2) is 29.2 Å². The summed E-state index contributed by atoms with van der Waals surface area (Å²) in [6, 6.07) is -0.982. The SMILES string of the molecule is CC(C)(C)OC(=O)C[C@H](N)C(=O)OC(C)(C)C.Cl.S. The molecule has 0 aromatic carbocycles. The van der Waals surface area contributed by atoms with Crippen molar-refractivity contribution in [3.8, 4) is 0 Å². The summed E-state index contributed by atoms with van der Waals surface area (Å²) in [5, 5.41) is 0. The number of halogens is 1. The normalized spacial score (nSPS) is 12.6. The van der Waals surface area contributed by atoms with E-state index in [1.165, 1.54) is 0 Å². The first kappa shape index (κ1) is 23.6. The van der Waals surface area contributed by atoms with Gasteiger partial charge in [0.15, 0.2) is 0 Å². The zero-order chi connectivity index (χ0) is 13.9. The molecule has 0 fully saturated rings. The van der Waals surface area contributed by atoms with Gasteiger partial charge in [0, 0.05) is 0 Å². The largest absolute Gasteiger partial charge is 0.460 e. The van der Waals surface area contributed by atoms with Gasteiger partial charge in [-0.05, 0) is 41.5 Å². The van der Waals surface area contributed by atoms with Crippen LogP contribution in [0, 0.1) is 0 Å². The van der Waals surface area contributed by atoms with Gasteiger partial charge in [0.1, 0.15) is 17.2 Å². The Labute approximate surface area is 128 Å². The van der Waals surface area contributed by atoms with Crippen molar-refractivity contribution in [1.82, 2.24) is 0 Å². The molecule has 0 saturated heterocycles. The molecule has 2 N–H and O–H groups in total. The number of carbonyl (C=O) groups excluding carboxylic acids is 2. The average molecular weight is 316 g/mol. The average Bonchev–Trinajstić information content (AvgIpc) is 1.95. The Morgan fingerprint density at radius 1 is 1.00 bits per heavy atom. The Kier molecular flexibility index (Phi) is 10.8. The molecule has 0 bridgehead atoms. The minimum absolute atomic E-state index is 0. The first-order chi connectivity index (χ1) is 7.41. The van der Waals surface area contributed by atoms with Crippen LogP contribution in [0.3, 0.4) is 0 Å². The van der Waals surface area contributed by atoms with E-state index in [1.807, 2.05) is 0 Å². The zero-order valence-electron chi connectivity index (χ0n) is 12.4. The summed E-state index contributed by atoms with van der Waals surface area (Å²) < 4.78 is 10.1. The fourth-order valence-corrected chi connectivity index (χ4v) is 1.02. The van der Waals surface area contributed by atoms with Crippen LogP contribution in [0.1, 0.15) is 48.0 Å².